The summed E-state index contributed by atoms with van der Waals surface area (Å²) in [6, 6.07) is 33.2. The number of aromatic hydroxyl groups is 1. The Balaban J connectivity index is 0.000000227. The van der Waals surface area contributed by atoms with Gasteiger partial charge in [0.15, 0.2) is 0 Å². The number of rotatable bonds is 4. The fourth-order valence-corrected chi connectivity index (χ4v) is 4.63. The molecule has 4 rings (SSSR count). The highest BCUT2D eigenvalue weighted by molar-refractivity contribution is 7.91. The van der Waals surface area contributed by atoms with Crippen LogP contribution in [0.1, 0.15) is 30.5 Å². The molecule has 0 bridgehead atoms. The predicted molar refractivity (Wildman–Crippen MR) is 133 cm³/mol. The van der Waals surface area contributed by atoms with Crippen molar-refractivity contribution in [3.8, 4) is 5.75 Å². The maximum atomic E-state index is 12.1. The standard InChI is InChI=1S/C16H18.C12H10O3S.H2O/c1-13-9-11-15(12-10-13)16(2,3)14-7-5-4-6-8-14;13-10-6-8-12(9-7-10)16(14,15)11-4-2-1-3-5-11;/h4-12H,1-3H3;1-9,13H;1H2. The number of phenolic OH excluding ortho intramolecular Hbond substituents is 1. The van der Waals surface area contributed by atoms with E-state index in [9.17, 15) is 8.42 Å². The van der Waals surface area contributed by atoms with Crippen molar-refractivity contribution in [2.45, 2.75) is 36.0 Å². The Kier molecular flexibility index (Phi) is 8.57. The molecule has 4 aromatic carbocycles. The van der Waals surface area contributed by atoms with E-state index in [1.807, 2.05) is 0 Å². The Bertz CT molecular complexity index is 1230. The highest BCUT2D eigenvalue weighted by Crippen LogP contribution is 2.31. The number of sulfone groups is 1. The van der Waals surface area contributed by atoms with Gasteiger partial charge in [-0.25, -0.2) is 8.42 Å². The zero-order valence-electron chi connectivity index (χ0n) is 19.1. The molecule has 0 saturated heterocycles. The lowest BCUT2D eigenvalue weighted by molar-refractivity contribution is 0.475. The third kappa shape index (κ3) is 6.31. The summed E-state index contributed by atoms with van der Waals surface area (Å²) in [6.07, 6.45) is 0. The summed E-state index contributed by atoms with van der Waals surface area (Å²) >= 11 is 0. The predicted octanol–water partition coefficient (Wildman–Crippen LogP) is 5.72. The summed E-state index contributed by atoms with van der Waals surface area (Å²) < 4.78 is 24.1. The molecule has 5 heteroatoms. The fourth-order valence-electron chi connectivity index (χ4n) is 3.35. The average molecular weight is 463 g/mol. The summed E-state index contributed by atoms with van der Waals surface area (Å²) in [7, 11) is -3.47. The normalized spacial score (nSPS) is 11.0. The lowest BCUT2D eigenvalue weighted by Crippen LogP contribution is -2.18. The second-order valence-electron chi connectivity index (χ2n) is 8.17. The largest absolute Gasteiger partial charge is 0.508 e. The molecule has 0 saturated carbocycles. The van der Waals surface area contributed by atoms with Gasteiger partial charge in [-0.3, -0.25) is 0 Å². The molecule has 0 heterocycles. The van der Waals surface area contributed by atoms with Gasteiger partial charge in [0, 0.05) is 5.41 Å². The van der Waals surface area contributed by atoms with Crippen LogP contribution in [-0.2, 0) is 15.3 Å². The minimum atomic E-state index is -3.47. The van der Waals surface area contributed by atoms with Crippen molar-refractivity contribution >= 4 is 9.84 Å². The number of phenols is 1. The first-order valence-corrected chi connectivity index (χ1v) is 11.9. The Morgan fingerprint density at radius 2 is 1.03 bits per heavy atom. The molecule has 0 fully saturated rings. The van der Waals surface area contributed by atoms with Crippen LogP contribution >= 0.6 is 0 Å². The van der Waals surface area contributed by atoms with Crippen molar-refractivity contribution in [3.63, 3.8) is 0 Å². The van der Waals surface area contributed by atoms with E-state index in [1.165, 1.54) is 41.0 Å². The number of hydrogen-bond donors (Lipinski definition) is 1. The monoisotopic (exact) mass is 462 g/mol. The van der Waals surface area contributed by atoms with Crippen LogP contribution in [0.2, 0.25) is 0 Å². The van der Waals surface area contributed by atoms with E-state index in [2.05, 4.69) is 75.4 Å². The molecule has 4 aromatic rings. The minimum Gasteiger partial charge on any atom is -0.508 e. The molecule has 172 valence electrons. The van der Waals surface area contributed by atoms with Gasteiger partial charge >= 0.3 is 0 Å². The molecule has 0 aromatic heterocycles. The van der Waals surface area contributed by atoms with Crippen molar-refractivity contribution in [3.05, 3.63) is 126 Å². The molecule has 0 atom stereocenters. The first kappa shape index (κ1) is 25.8. The molecule has 0 amide bonds. The first-order valence-electron chi connectivity index (χ1n) is 10.4. The second kappa shape index (κ2) is 10.9. The second-order valence-corrected chi connectivity index (χ2v) is 10.1. The molecular weight excluding hydrogens is 432 g/mol. The zero-order chi connectivity index (χ0) is 23.2. The van der Waals surface area contributed by atoms with Crippen LogP contribution in [0.3, 0.4) is 0 Å². The van der Waals surface area contributed by atoms with Crippen LogP contribution in [0.4, 0.5) is 0 Å². The van der Waals surface area contributed by atoms with Gasteiger partial charge in [0.2, 0.25) is 9.84 Å². The van der Waals surface area contributed by atoms with Gasteiger partial charge in [0.1, 0.15) is 5.75 Å². The Labute approximate surface area is 196 Å². The first-order chi connectivity index (χ1) is 15.2. The van der Waals surface area contributed by atoms with E-state index >= 15 is 0 Å². The molecule has 0 spiro atoms. The molecule has 3 N–H and O–H groups in total. The van der Waals surface area contributed by atoms with Crippen LogP contribution in [0.5, 0.6) is 5.75 Å². The topological polar surface area (TPSA) is 85.9 Å². The smallest absolute Gasteiger partial charge is 0.206 e. The van der Waals surface area contributed by atoms with Crippen LogP contribution in [0, 0.1) is 6.92 Å². The molecular formula is C28H30O4S. The fraction of sp³-hybridized carbons (Fsp3) is 0.143. The Morgan fingerprint density at radius 3 is 1.55 bits per heavy atom. The molecule has 0 radical (unpaired) electrons. The average Bonchev–Trinajstić information content (AvgIpc) is 2.81. The van der Waals surface area contributed by atoms with Crippen LogP contribution in [0.25, 0.3) is 0 Å². The third-order valence-electron chi connectivity index (χ3n) is 5.47. The molecule has 0 unspecified atom stereocenters. The van der Waals surface area contributed by atoms with E-state index < -0.39 is 9.84 Å². The quantitative estimate of drug-likeness (QED) is 0.421. The number of aryl methyl sites for hydroxylation is 1. The van der Waals surface area contributed by atoms with Crippen LogP contribution in [0.15, 0.2) is 119 Å². The van der Waals surface area contributed by atoms with Crippen LogP contribution in [-0.4, -0.2) is 19.0 Å². The van der Waals surface area contributed by atoms with Gasteiger partial charge in [-0.2, -0.15) is 0 Å². The maximum Gasteiger partial charge on any atom is 0.206 e. The Morgan fingerprint density at radius 1 is 0.606 bits per heavy atom. The number of hydrogen-bond acceptors (Lipinski definition) is 3. The van der Waals surface area contributed by atoms with Gasteiger partial charge in [0.05, 0.1) is 9.79 Å². The van der Waals surface area contributed by atoms with E-state index in [-0.39, 0.29) is 26.4 Å². The molecule has 33 heavy (non-hydrogen) atoms. The third-order valence-corrected chi connectivity index (χ3v) is 7.25. The van der Waals surface area contributed by atoms with E-state index in [0.29, 0.717) is 0 Å². The van der Waals surface area contributed by atoms with E-state index in [1.54, 1.807) is 30.3 Å². The molecule has 0 aliphatic rings. The number of benzene rings is 4. The summed E-state index contributed by atoms with van der Waals surface area (Å²) in [5.74, 6) is 0.0482. The van der Waals surface area contributed by atoms with E-state index in [4.69, 9.17) is 5.11 Å². The highest BCUT2D eigenvalue weighted by atomic mass is 32.2. The van der Waals surface area contributed by atoms with Crippen LogP contribution < -0.4 is 0 Å². The van der Waals surface area contributed by atoms with Gasteiger partial charge in [-0.05, 0) is 54.4 Å². The SMILES string of the molecule is Cc1ccc(C(C)(C)c2ccccc2)cc1.O.O=S(=O)(c1ccccc1)c1ccc(O)cc1. The molecule has 0 aliphatic heterocycles. The summed E-state index contributed by atoms with van der Waals surface area (Å²) in [5.41, 5.74) is 4.12. The maximum absolute atomic E-state index is 12.1. The van der Waals surface area contributed by atoms with Gasteiger partial charge in [0.25, 0.3) is 0 Å². The summed E-state index contributed by atoms with van der Waals surface area (Å²) in [4.78, 5) is 0.428. The van der Waals surface area contributed by atoms with Crippen molar-refractivity contribution in [2.24, 2.45) is 0 Å². The van der Waals surface area contributed by atoms with Crippen molar-refractivity contribution in [1.82, 2.24) is 0 Å². The highest BCUT2D eigenvalue weighted by Gasteiger charge is 2.22. The molecule has 4 nitrogen and oxygen atoms in total. The zero-order valence-corrected chi connectivity index (χ0v) is 19.9. The summed E-state index contributed by atoms with van der Waals surface area (Å²) in [6.45, 7) is 6.67. The lowest BCUT2D eigenvalue weighted by Gasteiger charge is -2.26. The van der Waals surface area contributed by atoms with Crippen molar-refractivity contribution in [1.29, 1.82) is 0 Å². The Hall–Kier alpha value is -3.41. The van der Waals surface area contributed by atoms with Gasteiger partial charge < -0.3 is 10.6 Å². The van der Waals surface area contributed by atoms with Gasteiger partial charge in [-0.1, -0.05) is 92.2 Å². The van der Waals surface area contributed by atoms with Gasteiger partial charge in [-0.15, -0.1) is 0 Å². The van der Waals surface area contributed by atoms with E-state index in [0.717, 1.165) is 0 Å². The minimum absolute atomic E-state index is 0. The lowest BCUT2D eigenvalue weighted by atomic mass is 9.78. The summed E-state index contributed by atoms with van der Waals surface area (Å²) in [5, 5.41) is 9.10. The molecule has 0 aliphatic carbocycles. The van der Waals surface area contributed by atoms with Crippen molar-refractivity contribution < 1.29 is 19.0 Å². The van der Waals surface area contributed by atoms with Crippen molar-refractivity contribution in [2.75, 3.05) is 0 Å².